The Morgan fingerprint density at radius 1 is 1.26 bits per heavy atom. The van der Waals surface area contributed by atoms with Gasteiger partial charge in [-0.1, -0.05) is 29.8 Å². The maximum absolute atomic E-state index is 12.2. The first-order valence-electron chi connectivity index (χ1n) is 7.69. The Morgan fingerprint density at radius 3 is 2.65 bits per heavy atom. The van der Waals surface area contributed by atoms with E-state index in [4.69, 9.17) is 5.11 Å². The van der Waals surface area contributed by atoms with Gasteiger partial charge in [0.25, 0.3) is 5.91 Å². The summed E-state index contributed by atoms with van der Waals surface area (Å²) in [4.78, 5) is 23.2. The van der Waals surface area contributed by atoms with Gasteiger partial charge in [0, 0.05) is 11.6 Å². The summed E-state index contributed by atoms with van der Waals surface area (Å²) < 4.78 is 0. The molecule has 23 heavy (non-hydrogen) atoms. The Bertz CT molecular complexity index is 721. The van der Waals surface area contributed by atoms with Crippen LogP contribution in [-0.4, -0.2) is 33.2 Å². The average molecular weight is 313 g/mol. The molecule has 1 fully saturated rings. The van der Waals surface area contributed by atoms with Crippen LogP contribution in [0.4, 0.5) is 0 Å². The van der Waals surface area contributed by atoms with Crippen molar-refractivity contribution in [3.63, 3.8) is 0 Å². The number of H-pyrrole nitrogens is 1. The van der Waals surface area contributed by atoms with E-state index >= 15 is 0 Å². The number of benzene rings is 1. The lowest BCUT2D eigenvalue weighted by Gasteiger charge is -2.11. The third kappa shape index (κ3) is 3.41. The SMILES string of the molecule is Cc1ccc(-c2cc(C(=O)N[C@H]3CC[C@@H](C(=O)O)C3)[nH]n2)cc1. The van der Waals surface area contributed by atoms with Crippen molar-refractivity contribution in [1.29, 1.82) is 0 Å². The smallest absolute Gasteiger partial charge is 0.306 e. The zero-order valence-corrected chi connectivity index (χ0v) is 12.9. The molecule has 0 spiro atoms. The Morgan fingerprint density at radius 2 is 2.00 bits per heavy atom. The Balaban J connectivity index is 1.65. The van der Waals surface area contributed by atoms with E-state index in [1.807, 2.05) is 31.2 Å². The second-order valence-corrected chi connectivity index (χ2v) is 6.05. The van der Waals surface area contributed by atoms with Crippen LogP contribution >= 0.6 is 0 Å². The number of nitrogens with one attached hydrogen (secondary N) is 2. The van der Waals surface area contributed by atoms with Gasteiger partial charge in [-0.25, -0.2) is 0 Å². The number of hydrogen-bond donors (Lipinski definition) is 3. The van der Waals surface area contributed by atoms with Gasteiger partial charge in [0.1, 0.15) is 5.69 Å². The van der Waals surface area contributed by atoms with Gasteiger partial charge >= 0.3 is 5.97 Å². The topological polar surface area (TPSA) is 95.1 Å². The highest BCUT2D eigenvalue weighted by Gasteiger charge is 2.30. The maximum Gasteiger partial charge on any atom is 0.306 e. The standard InChI is InChI=1S/C17H19N3O3/c1-10-2-4-11(5-3-10)14-9-15(20-19-14)16(21)18-13-7-6-12(8-13)17(22)23/h2-5,9,12-13H,6-8H2,1H3,(H,18,21)(H,19,20)(H,22,23)/t12-,13+/m1/s1. The van der Waals surface area contributed by atoms with E-state index in [-0.39, 0.29) is 17.9 Å². The van der Waals surface area contributed by atoms with Crippen molar-refractivity contribution in [2.24, 2.45) is 5.92 Å². The fourth-order valence-electron chi connectivity index (χ4n) is 2.91. The second kappa shape index (κ2) is 6.24. The van der Waals surface area contributed by atoms with Gasteiger partial charge in [-0.3, -0.25) is 14.7 Å². The molecule has 1 amide bonds. The van der Waals surface area contributed by atoms with Crippen molar-refractivity contribution in [2.45, 2.75) is 32.2 Å². The molecule has 1 aliphatic carbocycles. The summed E-state index contributed by atoms with van der Waals surface area (Å²) in [5.41, 5.74) is 3.21. The molecule has 1 aliphatic rings. The first-order chi connectivity index (χ1) is 11.0. The normalized spacial score (nSPS) is 20.4. The average Bonchev–Trinajstić information content (AvgIpc) is 3.17. The fraction of sp³-hybridized carbons (Fsp3) is 0.353. The molecular formula is C17H19N3O3. The Kier molecular flexibility index (Phi) is 4.14. The minimum atomic E-state index is -0.787. The van der Waals surface area contributed by atoms with Crippen molar-refractivity contribution < 1.29 is 14.7 Å². The fourth-order valence-corrected chi connectivity index (χ4v) is 2.91. The Hall–Kier alpha value is -2.63. The minimum absolute atomic E-state index is 0.0882. The van der Waals surface area contributed by atoms with Crippen LogP contribution < -0.4 is 5.32 Å². The molecule has 0 unspecified atom stereocenters. The quantitative estimate of drug-likeness (QED) is 0.807. The molecule has 0 saturated heterocycles. The van der Waals surface area contributed by atoms with Gasteiger partial charge in [-0.15, -0.1) is 0 Å². The van der Waals surface area contributed by atoms with E-state index in [1.165, 1.54) is 0 Å². The van der Waals surface area contributed by atoms with Gasteiger partial charge in [-0.05, 0) is 32.3 Å². The van der Waals surface area contributed by atoms with Gasteiger partial charge in [0.05, 0.1) is 11.6 Å². The van der Waals surface area contributed by atoms with E-state index < -0.39 is 5.97 Å². The van der Waals surface area contributed by atoms with E-state index in [2.05, 4.69) is 15.5 Å². The summed E-state index contributed by atoms with van der Waals surface area (Å²) in [6.07, 6.45) is 1.79. The van der Waals surface area contributed by atoms with Gasteiger partial charge in [-0.2, -0.15) is 5.10 Å². The molecule has 120 valence electrons. The first-order valence-corrected chi connectivity index (χ1v) is 7.69. The summed E-state index contributed by atoms with van der Waals surface area (Å²) in [7, 11) is 0. The molecule has 6 heteroatoms. The molecule has 1 heterocycles. The van der Waals surface area contributed by atoms with Crippen LogP contribution in [0.15, 0.2) is 30.3 Å². The number of carbonyl (C=O) groups is 2. The molecule has 1 saturated carbocycles. The molecule has 0 bridgehead atoms. The van der Waals surface area contributed by atoms with E-state index in [9.17, 15) is 9.59 Å². The van der Waals surface area contributed by atoms with Crippen molar-refractivity contribution in [2.75, 3.05) is 0 Å². The highest BCUT2D eigenvalue weighted by Crippen LogP contribution is 2.26. The third-order valence-corrected chi connectivity index (χ3v) is 4.29. The molecular weight excluding hydrogens is 294 g/mol. The largest absolute Gasteiger partial charge is 0.481 e. The number of aromatic nitrogens is 2. The zero-order chi connectivity index (χ0) is 16.4. The number of aryl methyl sites for hydroxylation is 1. The van der Waals surface area contributed by atoms with Crippen LogP contribution in [-0.2, 0) is 4.79 Å². The van der Waals surface area contributed by atoms with Crippen LogP contribution in [0.25, 0.3) is 11.3 Å². The van der Waals surface area contributed by atoms with Crippen molar-refractivity contribution >= 4 is 11.9 Å². The van der Waals surface area contributed by atoms with Crippen molar-refractivity contribution in [1.82, 2.24) is 15.5 Å². The lowest BCUT2D eigenvalue weighted by atomic mass is 10.1. The van der Waals surface area contributed by atoms with Crippen molar-refractivity contribution in [3.05, 3.63) is 41.6 Å². The van der Waals surface area contributed by atoms with E-state index in [1.54, 1.807) is 6.07 Å². The molecule has 2 aromatic rings. The highest BCUT2D eigenvalue weighted by molar-refractivity contribution is 5.93. The molecule has 0 aliphatic heterocycles. The molecule has 3 rings (SSSR count). The summed E-state index contributed by atoms with van der Waals surface area (Å²) in [6, 6.07) is 9.53. The van der Waals surface area contributed by atoms with Crippen LogP contribution in [0.2, 0.25) is 0 Å². The van der Waals surface area contributed by atoms with Crippen LogP contribution in [0.5, 0.6) is 0 Å². The zero-order valence-electron chi connectivity index (χ0n) is 12.9. The molecule has 1 aromatic heterocycles. The summed E-state index contributed by atoms with van der Waals surface area (Å²) in [6.45, 7) is 2.01. The number of carboxylic acid groups (broad SMARTS) is 1. The highest BCUT2D eigenvalue weighted by atomic mass is 16.4. The van der Waals surface area contributed by atoms with Crippen molar-refractivity contribution in [3.8, 4) is 11.3 Å². The summed E-state index contributed by atoms with van der Waals surface area (Å²) >= 11 is 0. The maximum atomic E-state index is 12.2. The monoisotopic (exact) mass is 313 g/mol. The van der Waals surface area contributed by atoms with Gasteiger partial charge in [0.2, 0.25) is 0 Å². The Labute approximate surface area is 133 Å². The molecule has 6 nitrogen and oxygen atoms in total. The number of amides is 1. The third-order valence-electron chi connectivity index (χ3n) is 4.29. The number of aliphatic carboxylic acids is 1. The van der Waals surface area contributed by atoms with Crippen LogP contribution in [0.1, 0.15) is 35.3 Å². The minimum Gasteiger partial charge on any atom is -0.481 e. The van der Waals surface area contributed by atoms with Gasteiger partial charge in [0.15, 0.2) is 0 Å². The number of aromatic amines is 1. The molecule has 2 atom stereocenters. The predicted molar refractivity (Wildman–Crippen MR) is 85.0 cm³/mol. The first kappa shape index (κ1) is 15.3. The lowest BCUT2D eigenvalue weighted by molar-refractivity contribution is -0.141. The summed E-state index contributed by atoms with van der Waals surface area (Å²) in [5, 5.41) is 18.8. The second-order valence-electron chi connectivity index (χ2n) is 6.05. The molecule has 1 aromatic carbocycles. The van der Waals surface area contributed by atoms with E-state index in [0.717, 1.165) is 11.1 Å². The number of nitrogens with zero attached hydrogens (tertiary/aromatic N) is 1. The van der Waals surface area contributed by atoms with Crippen LogP contribution in [0.3, 0.4) is 0 Å². The number of rotatable bonds is 4. The van der Waals surface area contributed by atoms with Gasteiger partial charge < -0.3 is 10.4 Å². The number of hydrogen-bond acceptors (Lipinski definition) is 3. The number of carboxylic acids is 1. The number of carbonyl (C=O) groups excluding carboxylic acids is 1. The van der Waals surface area contributed by atoms with E-state index in [0.29, 0.717) is 30.7 Å². The predicted octanol–water partition coefficient (Wildman–Crippen LogP) is 2.37. The molecule has 3 N–H and O–H groups in total. The summed E-state index contributed by atoms with van der Waals surface area (Å²) in [5.74, 6) is -1.39. The lowest BCUT2D eigenvalue weighted by Crippen LogP contribution is -2.33. The molecule has 0 radical (unpaired) electrons. The van der Waals surface area contributed by atoms with Crippen LogP contribution in [0, 0.1) is 12.8 Å².